The first-order valence-corrected chi connectivity index (χ1v) is 10.8. The summed E-state index contributed by atoms with van der Waals surface area (Å²) in [5.41, 5.74) is 5.25. The van der Waals surface area contributed by atoms with Gasteiger partial charge in [0.05, 0.1) is 6.26 Å². The molecule has 2 aromatic carbocycles. The summed E-state index contributed by atoms with van der Waals surface area (Å²) in [5.74, 6) is -0.124. The molecule has 0 fully saturated rings. The number of carbonyl (C=O) groups is 1. The summed E-state index contributed by atoms with van der Waals surface area (Å²) in [5, 5.41) is 4.78. The summed E-state index contributed by atoms with van der Waals surface area (Å²) < 4.78 is 11.1. The molecule has 2 heterocycles. The average molecular weight is 418 g/mol. The molecule has 5 heteroatoms. The summed E-state index contributed by atoms with van der Waals surface area (Å²) in [6, 6.07) is 11.7. The van der Waals surface area contributed by atoms with Crippen molar-refractivity contribution in [2.75, 3.05) is 5.32 Å². The fourth-order valence-electron chi connectivity index (χ4n) is 3.92. The third-order valence-electron chi connectivity index (χ3n) is 5.83. The Morgan fingerprint density at radius 2 is 1.77 bits per heavy atom. The van der Waals surface area contributed by atoms with E-state index in [9.17, 15) is 9.59 Å². The highest BCUT2D eigenvalue weighted by Gasteiger charge is 2.15. The van der Waals surface area contributed by atoms with Crippen molar-refractivity contribution >= 4 is 33.5 Å². The number of carbonyl (C=O) groups excluding carboxylic acids is 1. The van der Waals surface area contributed by atoms with E-state index in [1.54, 1.807) is 12.3 Å². The fraction of sp³-hybridized carbons (Fsp3) is 0.308. The number of hydrogen-bond donors (Lipinski definition) is 1. The highest BCUT2D eigenvalue weighted by Crippen LogP contribution is 2.29. The molecule has 4 aromatic rings. The minimum absolute atomic E-state index is 0.124. The standard InChI is InChI=1S/C26H27NO4/c1-4-5-6-18-7-9-19(10-8-18)27-25(28)12-11-20-17(3)22-13-21-16(2)15-30-23(21)14-24(22)31-26(20)29/h7-10,13-15H,4-6,11-12H2,1-3H3,(H,27,28). The Labute approximate surface area is 181 Å². The molecule has 0 spiro atoms. The average Bonchev–Trinajstić information content (AvgIpc) is 3.11. The van der Waals surface area contributed by atoms with Crippen LogP contribution in [0.25, 0.3) is 21.9 Å². The predicted molar refractivity (Wildman–Crippen MR) is 124 cm³/mol. The van der Waals surface area contributed by atoms with Gasteiger partial charge in [-0.15, -0.1) is 0 Å². The lowest BCUT2D eigenvalue weighted by atomic mass is 10.0. The molecule has 1 amide bonds. The van der Waals surface area contributed by atoms with Crippen LogP contribution < -0.4 is 10.9 Å². The van der Waals surface area contributed by atoms with E-state index in [0.717, 1.165) is 46.8 Å². The van der Waals surface area contributed by atoms with Gasteiger partial charge in [-0.25, -0.2) is 4.79 Å². The summed E-state index contributed by atoms with van der Waals surface area (Å²) >= 11 is 0. The number of furan rings is 1. The van der Waals surface area contributed by atoms with Gasteiger partial charge >= 0.3 is 5.63 Å². The van der Waals surface area contributed by atoms with E-state index in [2.05, 4.69) is 12.2 Å². The summed E-state index contributed by atoms with van der Waals surface area (Å²) in [6.45, 7) is 6.06. The maximum absolute atomic E-state index is 12.6. The number of amides is 1. The minimum Gasteiger partial charge on any atom is -0.464 e. The first-order chi connectivity index (χ1) is 15.0. The first-order valence-electron chi connectivity index (χ1n) is 10.8. The summed E-state index contributed by atoms with van der Waals surface area (Å²) in [4.78, 5) is 25.0. The Morgan fingerprint density at radius 1 is 1.00 bits per heavy atom. The third-order valence-corrected chi connectivity index (χ3v) is 5.83. The van der Waals surface area contributed by atoms with Gasteiger partial charge in [0.2, 0.25) is 5.91 Å². The number of aryl methyl sites for hydroxylation is 3. The molecule has 1 N–H and O–H groups in total. The van der Waals surface area contributed by atoms with Crippen LogP contribution in [0.5, 0.6) is 0 Å². The first kappa shape index (κ1) is 20.9. The van der Waals surface area contributed by atoms with Crippen molar-refractivity contribution in [3.63, 3.8) is 0 Å². The maximum atomic E-state index is 12.6. The third kappa shape index (κ3) is 4.41. The Hall–Kier alpha value is -3.34. The summed E-state index contributed by atoms with van der Waals surface area (Å²) in [6.07, 6.45) is 5.60. The second-order valence-corrected chi connectivity index (χ2v) is 8.10. The van der Waals surface area contributed by atoms with Gasteiger partial charge < -0.3 is 14.2 Å². The van der Waals surface area contributed by atoms with Crippen LogP contribution in [0, 0.1) is 13.8 Å². The lowest BCUT2D eigenvalue weighted by Crippen LogP contribution is -2.16. The Bertz CT molecular complexity index is 1300. The van der Waals surface area contributed by atoms with Crippen molar-refractivity contribution < 1.29 is 13.6 Å². The fourth-order valence-corrected chi connectivity index (χ4v) is 3.92. The SMILES string of the molecule is CCCCc1ccc(NC(=O)CCc2c(C)c3cc4c(C)coc4cc3oc2=O)cc1. The molecule has 0 aliphatic heterocycles. The molecule has 5 nitrogen and oxygen atoms in total. The molecule has 0 atom stereocenters. The van der Waals surface area contributed by atoms with Gasteiger partial charge in [0, 0.05) is 34.5 Å². The van der Waals surface area contributed by atoms with E-state index in [-0.39, 0.29) is 12.3 Å². The molecule has 0 saturated carbocycles. The van der Waals surface area contributed by atoms with Crippen LogP contribution in [0.3, 0.4) is 0 Å². The topological polar surface area (TPSA) is 72.5 Å². The van der Waals surface area contributed by atoms with Crippen molar-refractivity contribution in [3.8, 4) is 0 Å². The van der Waals surface area contributed by atoms with E-state index in [1.807, 2.05) is 44.2 Å². The molecule has 4 rings (SSSR count). The van der Waals surface area contributed by atoms with Crippen LogP contribution in [-0.2, 0) is 17.6 Å². The number of rotatable bonds is 7. The molecule has 0 saturated heterocycles. The zero-order chi connectivity index (χ0) is 22.0. The molecular weight excluding hydrogens is 390 g/mol. The van der Waals surface area contributed by atoms with Crippen molar-refractivity contribution in [2.45, 2.75) is 52.9 Å². The van der Waals surface area contributed by atoms with Crippen LogP contribution in [0.1, 0.15) is 48.4 Å². The molecular formula is C26H27NO4. The molecule has 0 aliphatic rings. The van der Waals surface area contributed by atoms with Gasteiger partial charge in [-0.2, -0.15) is 0 Å². The Morgan fingerprint density at radius 3 is 2.52 bits per heavy atom. The van der Waals surface area contributed by atoms with Crippen LogP contribution in [0.15, 0.2) is 56.3 Å². The van der Waals surface area contributed by atoms with Gasteiger partial charge in [0.1, 0.15) is 11.2 Å². The van der Waals surface area contributed by atoms with E-state index >= 15 is 0 Å². The number of anilines is 1. The minimum atomic E-state index is -0.402. The smallest absolute Gasteiger partial charge is 0.339 e. The summed E-state index contributed by atoms with van der Waals surface area (Å²) in [7, 11) is 0. The molecule has 31 heavy (non-hydrogen) atoms. The number of unbranched alkanes of at least 4 members (excludes halogenated alkanes) is 1. The van der Waals surface area contributed by atoms with Crippen molar-refractivity contribution in [2.24, 2.45) is 0 Å². The van der Waals surface area contributed by atoms with Gasteiger partial charge in [-0.3, -0.25) is 4.79 Å². The van der Waals surface area contributed by atoms with Crippen LogP contribution in [0.4, 0.5) is 5.69 Å². The molecule has 0 radical (unpaired) electrons. The van der Waals surface area contributed by atoms with Crippen LogP contribution in [0.2, 0.25) is 0 Å². The molecule has 0 unspecified atom stereocenters. The highest BCUT2D eigenvalue weighted by atomic mass is 16.4. The van der Waals surface area contributed by atoms with E-state index in [1.165, 1.54) is 5.56 Å². The second-order valence-electron chi connectivity index (χ2n) is 8.10. The Balaban J connectivity index is 1.49. The normalized spacial score (nSPS) is 11.3. The maximum Gasteiger partial charge on any atom is 0.339 e. The monoisotopic (exact) mass is 417 g/mol. The molecule has 0 bridgehead atoms. The van der Waals surface area contributed by atoms with Gasteiger partial charge in [-0.05, 0) is 68.0 Å². The number of nitrogens with one attached hydrogen (secondary N) is 1. The van der Waals surface area contributed by atoms with Gasteiger partial charge in [0.25, 0.3) is 0 Å². The van der Waals surface area contributed by atoms with Crippen molar-refractivity contribution in [1.82, 2.24) is 0 Å². The Kier molecular flexibility index (Phi) is 5.94. The van der Waals surface area contributed by atoms with Gasteiger partial charge in [0.15, 0.2) is 0 Å². The highest BCUT2D eigenvalue weighted by molar-refractivity contribution is 5.96. The zero-order valence-corrected chi connectivity index (χ0v) is 18.2. The molecule has 0 aliphatic carbocycles. The van der Waals surface area contributed by atoms with Crippen LogP contribution >= 0.6 is 0 Å². The number of fused-ring (bicyclic) bond motifs is 2. The quantitative estimate of drug-likeness (QED) is 0.370. The van der Waals surface area contributed by atoms with E-state index in [0.29, 0.717) is 23.2 Å². The zero-order valence-electron chi connectivity index (χ0n) is 18.2. The number of benzene rings is 2. The van der Waals surface area contributed by atoms with Crippen molar-refractivity contribution in [3.05, 3.63) is 75.3 Å². The second kappa shape index (κ2) is 8.80. The largest absolute Gasteiger partial charge is 0.464 e. The number of hydrogen-bond acceptors (Lipinski definition) is 4. The van der Waals surface area contributed by atoms with Gasteiger partial charge in [-0.1, -0.05) is 25.5 Å². The molecule has 2 aromatic heterocycles. The molecule has 160 valence electrons. The lowest BCUT2D eigenvalue weighted by Gasteiger charge is -2.09. The van der Waals surface area contributed by atoms with Crippen molar-refractivity contribution in [1.29, 1.82) is 0 Å². The van der Waals surface area contributed by atoms with E-state index < -0.39 is 5.63 Å². The lowest BCUT2D eigenvalue weighted by molar-refractivity contribution is -0.116. The van der Waals surface area contributed by atoms with Crippen LogP contribution in [-0.4, -0.2) is 5.91 Å². The van der Waals surface area contributed by atoms with E-state index in [4.69, 9.17) is 8.83 Å². The predicted octanol–water partition coefficient (Wildman–Crippen LogP) is 6.07.